The van der Waals surface area contributed by atoms with Gasteiger partial charge in [-0.25, -0.2) is 4.79 Å². The van der Waals surface area contributed by atoms with Crippen molar-refractivity contribution in [2.45, 2.75) is 50.6 Å². The van der Waals surface area contributed by atoms with Crippen LogP contribution in [0.5, 0.6) is 0 Å². The molecule has 184 valence electrons. The Labute approximate surface area is 209 Å². The number of carbonyl (C=O) groups excluding carboxylic acids is 3. The first-order valence-corrected chi connectivity index (χ1v) is 12.8. The Hall–Kier alpha value is -3.39. The van der Waals surface area contributed by atoms with Gasteiger partial charge in [0.15, 0.2) is 6.04 Å². The molecule has 2 aromatic heterocycles. The van der Waals surface area contributed by atoms with E-state index >= 15 is 0 Å². The topological polar surface area (TPSA) is 80.6 Å². The predicted molar refractivity (Wildman–Crippen MR) is 136 cm³/mol. The molecule has 7 nitrogen and oxygen atoms in total. The Balaban J connectivity index is 1.77. The maximum atomic E-state index is 13.9. The van der Waals surface area contributed by atoms with Gasteiger partial charge < -0.3 is 14.6 Å². The number of aromatic nitrogens is 1. The van der Waals surface area contributed by atoms with Crippen molar-refractivity contribution in [2.75, 3.05) is 12.0 Å². The number of benzene rings is 1. The zero-order valence-corrected chi connectivity index (χ0v) is 20.9. The molecule has 0 aliphatic heterocycles. The van der Waals surface area contributed by atoms with Gasteiger partial charge in [0.05, 0.1) is 24.8 Å². The normalized spacial score (nSPS) is 14.8. The molecule has 35 heavy (non-hydrogen) atoms. The Morgan fingerprint density at radius 3 is 2.57 bits per heavy atom. The third kappa shape index (κ3) is 5.82. The molecule has 0 bridgehead atoms. The fourth-order valence-corrected chi connectivity index (χ4v) is 5.35. The Morgan fingerprint density at radius 2 is 1.91 bits per heavy atom. The highest BCUT2D eigenvalue weighted by molar-refractivity contribution is 7.10. The van der Waals surface area contributed by atoms with E-state index in [-0.39, 0.29) is 24.3 Å². The van der Waals surface area contributed by atoms with E-state index in [2.05, 4.69) is 5.32 Å². The third-order valence-electron chi connectivity index (χ3n) is 6.44. The van der Waals surface area contributed by atoms with Crippen LogP contribution in [0.15, 0.2) is 60.1 Å². The number of nitrogens with zero attached hydrogens (tertiary/aromatic N) is 2. The van der Waals surface area contributed by atoms with Crippen LogP contribution in [0, 0.1) is 0 Å². The molecule has 1 saturated carbocycles. The number of methoxy groups -OCH3 is 1. The lowest BCUT2D eigenvalue weighted by Crippen LogP contribution is -2.48. The molecule has 2 heterocycles. The first-order valence-electron chi connectivity index (χ1n) is 11.9. The van der Waals surface area contributed by atoms with Crippen molar-refractivity contribution in [3.05, 3.63) is 76.2 Å². The van der Waals surface area contributed by atoms with Crippen molar-refractivity contribution in [3.8, 4) is 0 Å². The van der Waals surface area contributed by atoms with Crippen molar-refractivity contribution < 1.29 is 19.1 Å². The molecular weight excluding hydrogens is 462 g/mol. The Kier molecular flexibility index (Phi) is 8.02. The molecule has 0 saturated heterocycles. The second-order valence-electron chi connectivity index (χ2n) is 8.85. The van der Waals surface area contributed by atoms with Gasteiger partial charge in [-0.1, -0.05) is 31.4 Å². The summed E-state index contributed by atoms with van der Waals surface area (Å²) in [5.41, 5.74) is 1.48. The van der Waals surface area contributed by atoms with E-state index in [1.54, 1.807) is 24.3 Å². The van der Waals surface area contributed by atoms with E-state index in [1.807, 2.05) is 47.5 Å². The molecule has 0 unspecified atom stereocenters. The molecule has 2 amide bonds. The quantitative estimate of drug-likeness (QED) is 0.464. The number of rotatable bonds is 8. The number of aryl methyl sites for hydroxylation is 1. The Bertz CT molecular complexity index is 1160. The van der Waals surface area contributed by atoms with Gasteiger partial charge >= 0.3 is 5.97 Å². The van der Waals surface area contributed by atoms with Crippen molar-refractivity contribution in [2.24, 2.45) is 7.05 Å². The van der Waals surface area contributed by atoms with Crippen molar-refractivity contribution in [1.29, 1.82) is 0 Å². The fourth-order valence-electron chi connectivity index (χ4n) is 4.65. The highest BCUT2D eigenvalue weighted by Gasteiger charge is 2.35. The molecule has 8 heteroatoms. The summed E-state index contributed by atoms with van der Waals surface area (Å²) < 4.78 is 6.75. The number of thiophene rings is 1. The van der Waals surface area contributed by atoms with Gasteiger partial charge in [0.1, 0.15) is 0 Å². The summed E-state index contributed by atoms with van der Waals surface area (Å²) in [5.74, 6) is -0.944. The van der Waals surface area contributed by atoms with Crippen LogP contribution >= 0.6 is 11.3 Å². The maximum absolute atomic E-state index is 13.9. The summed E-state index contributed by atoms with van der Waals surface area (Å²) in [6, 6.07) is 13.4. The summed E-state index contributed by atoms with van der Waals surface area (Å²) in [5, 5.41) is 5.14. The van der Waals surface area contributed by atoms with E-state index in [0.29, 0.717) is 16.9 Å². The minimum absolute atomic E-state index is 0.0923. The van der Waals surface area contributed by atoms with Gasteiger partial charge in [-0.2, -0.15) is 0 Å². The van der Waals surface area contributed by atoms with E-state index in [1.165, 1.54) is 29.8 Å². The third-order valence-corrected chi connectivity index (χ3v) is 7.32. The zero-order chi connectivity index (χ0) is 24.8. The van der Waals surface area contributed by atoms with Crippen molar-refractivity contribution in [1.82, 2.24) is 9.88 Å². The van der Waals surface area contributed by atoms with Crippen LogP contribution in [0.3, 0.4) is 0 Å². The summed E-state index contributed by atoms with van der Waals surface area (Å²) >= 11 is 1.50. The second kappa shape index (κ2) is 11.4. The first kappa shape index (κ1) is 24.7. The molecule has 1 atom stereocenters. The molecule has 1 aliphatic carbocycles. The molecular formula is C27H31N3O4S. The lowest BCUT2D eigenvalue weighted by molar-refractivity contribution is -0.127. The summed E-state index contributed by atoms with van der Waals surface area (Å²) in [4.78, 5) is 42.4. The monoisotopic (exact) mass is 493 g/mol. The van der Waals surface area contributed by atoms with E-state index in [4.69, 9.17) is 4.74 Å². The first-order chi connectivity index (χ1) is 17.0. The number of anilines is 1. The number of ether oxygens (including phenoxy) is 1. The lowest BCUT2D eigenvalue weighted by Gasteiger charge is -2.33. The fraction of sp³-hybridized carbons (Fsp3) is 0.370. The van der Waals surface area contributed by atoms with Gasteiger partial charge in [-0.15, -0.1) is 11.3 Å². The van der Waals surface area contributed by atoms with E-state index in [9.17, 15) is 14.4 Å². The number of amides is 2. The number of nitrogens with one attached hydrogen (secondary N) is 1. The molecule has 4 rings (SSSR count). The summed E-state index contributed by atoms with van der Waals surface area (Å²) in [6.45, 7) is 0. The number of hydrogen-bond acceptors (Lipinski definition) is 5. The van der Waals surface area contributed by atoms with Gasteiger partial charge in [0, 0.05) is 29.9 Å². The van der Waals surface area contributed by atoms with Crippen LogP contribution < -0.4 is 10.2 Å². The van der Waals surface area contributed by atoms with Crippen LogP contribution in [-0.4, -0.2) is 35.5 Å². The molecule has 1 aromatic carbocycles. The molecule has 0 spiro atoms. The van der Waals surface area contributed by atoms with Crippen LogP contribution in [0.25, 0.3) is 0 Å². The van der Waals surface area contributed by atoms with Crippen LogP contribution in [0.4, 0.5) is 5.69 Å². The Morgan fingerprint density at radius 1 is 1.11 bits per heavy atom. The number of hydrogen-bond donors (Lipinski definition) is 1. The number of esters is 1. The van der Waals surface area contributed by atoms with Crippen LogP contribution in [0.1, 0.15) is 59.1 Å². The average Bonchev–Trinajstić information content (AvgIpc) is 3.54. The maximum Gasteiger partial charge on any atom is 0.337 e. The highest BCUT2D eigenvalue weighted by Crippen LogP contribution is 2.31. The van der Waals surface area contributed by atoms with Crippen LogP contribution in [-0.2, 0) is 27.8 Å². The highest BCUT2D eigenvalue weighted by atomic mass is 32.1. The lowest BCUT2D eigenvalue weighted by atomic mass is 9.95. The minimum atomic E-state index is -0.891. The molecule has 1 N–H and O–H groups in total. The molecule has 1 aliphatic rings. The predicted octanol–water partition coefficient (Wildman–Crippen LogP) is 4.64. The molecule has 0 radical (unpaired) electrons. The summed E-state index contributed by atoms with van der Waals surface area (Å²) in [7, 11) is 3.18. The van der Waals surface area contributed by atoms with Crippen molar-refractivity contribution in [3.63, 3.8) is 0 Å². The van der Waals surface area contributed by atoms with E-state index in [0.717, 1.165) is 30.6 Å². The average molecular weight is 494 g/mol. The molecule has 1 fully saturated rings. The van der Waals surface area contributed by atoms with Gasteiger partial charge in [-0.05, 0) is 54.6 Å². The minimum Gasteiger partial charge on any atom is -0.465 e. The standard InChI is InChI=1S/C27H31N3O4S/c1-29-15-7-14-23(29)25(26(32)28-20-10-4-3-5-11-20)30(24(31)18-22-13-8-16-35-22)21-12-6-9-19(17-21)27(33)34-2/h6-9,12-17,20,25H,3-5,10-11,18H2,1-2H3,(H,28,32)/t25-/m1/s1. The number of carbonyl (C=O) groups is 3. The van der Waals surface area contributed by atoms with Gasteiger partial charge in [-0.3, -0.25) is 14.5 Å². The largest absolute Gasteiger partial charge is 0.465 e. The smallest absolute Gasteiger partial charge is 0.337 e. The van der Waals surface area contributed by atoms with Gasteiger partial charge in [0.25, 0.3) is 0 Å². The van der Waals surface area contributed by atoms with E-state index < -0.39 is 12.0 Å². The summed E-state index contributed by atoms with van der Waals surface area (Å²) in [6.07, 6.45) is 7.24. The second-order valence-corrected chi connectivity index (χ2v) is 9.88. The van der Waals surface area contributed by atoms with Gasteiger partial charge in [0.2, 0.25) is 11.8 Å². The molecule has 3 aromatic rings. The van der Waals surface area contributed by atoms with Crippen molar-refractivity contribution >= 4 is 34.8 Å². The zero-order valence-electron chi connectivity index (χ0n) is 20.1. The van der Waals surface area contributed by atoms with Crippen LogP contribution in [0.2, 0.25) is 0 Å². The SMILES string of the molecule is COC(=O)c1cccc(N(C(=O)Cc2cccs2)[C@@H](C(=O)NC2CCCCC2)c2cccn2C)c1.